The van der Waals surface area contributed by atoms with Crippen molar-refractivity contribution in [2.24, 2.45) is 0 Å². The van der Waals surface area contributed by atoms with E-state index in [0.29, 0.717) is 5.54 Å². The van der Waals surface area contributed by atoms with E-state index in [1.54, 1.807) is 0 Å². The molecule has 0 aliphatic carbocycles. The van der Waals surface area contributed by atoms with Gasteiger partial charge in [0.05, 0.1) is 0 Å². The normalized spacial score (nSPS) is 9.75. The molecule has 0 aromatic heterocycles. The van der Waals surface area contributed by atoms with Crippen LogP contribution in [0.3, 0.4) is 0 Å². The lowest BCUT2D eigenvalue weighted by Crippen LogP contribution is -2.31. The Morgan fingerprint density at radius 3 is 1.12 bits per heavy atom. The minimum absolute atomic E-state index is 0.292. The van der Waals surface area contributed by atoms with Crippen LogP contribution in [0.25, 0.3) is 0 Å². The maximum atomic E-state index is 3.10. The van der Waals surface area contributed by atoms with Gasteiger partial charge in [0.15, 0.2) is 0 Å². The highest BCUT2D eigenvalue weighted by atomic mass is 14.9. The van der Waals surface area contributed by atoms with Crippen LogP contribution >= 0.6 is 0 Å². The van der Waals surface area contributed by atoms with Gasteiger partial charge in [0, 0.05) is 5.54 Å². The van der Waals surface area contributed by atoms with Crippen LogP contribution in [-0.2, 0) is 0 Å². The van der Waals surface area contributed by atoms with Gasteiger partial charge in [-0.2, -0.15) is 0 Å². The van der Waals surface area contributed by atoms with E-state index < -0.39 is 0 Å². The summed E-state index contributed by atoms with van der Waals surface area (Å²) in [7, 11) is 1.96. The van der Waals surface area contributed by atoms with Crippen molar-refractivity contribution < 1.29 is 0 Å². The molecule has 0 rings (SSSR count). The molecule has 1 heteroatoms. The van der Waals surface area contributed by atoms with Crippen LogP contribution in [0.15, 0.2) is 0 Å². The Balaban J connectivity index is 0. The lowest BCUT2D eigenvalue weighted by molar-refractivity contribution is 0.469. The summed E-state index contributed by atoms with van der Waals surface area (Å²) in [4.78, 5) is 0. The fourth-order valence-electron chi connectivity index (χ4n) is 0. The molecule has 0 radical (unpaired) electrons. The van der Waals surface area contributed by atoms with E-state index in [2.05, 4.69) is 26.1 Å². The molecule has 0 bridgehead atoms. The molecule has 0 aliphatic rings. The third-order valence-corrected chi connectivity index (χ3v) is 0.750. The number of rotatable bonds is 0. The monoisotopic (exact) mass is 117 g/mol. The molecular weight excluding hydrogens is 98.1 g/mol. The summed E-state index contributed by atoms with van der Waals surface area (Å²) in [6.45, 7) is 10.4. The second kappa shape index (κ2) is 5.10. The van der Waals surface area contributed by atoms with Crippen molar-refractivity contribution in [2.45, 2.75) is 40.2 Å². The molecule has 0 saturated heterocycles. The van der Waals surface area contributed by atoms with E-state index in [1.807, 2.05) is 20.9 Å². The van der Waals surface area contributed by atoms with Gasteiger partial charge < -0.3 is 5.32 Å². The van der Waals surface area contributed by atoms with Gasteiger partial charge in [-0.1, -0.05) is 13.8 Å². The number of hydrogen-bond donors (Lipinski definition) is 1. The Morgan fingerprint density at radius 2 is 1.12 bits per heavy atom. The summed E-state index contributed by atoms with van der Waals surface area (Å²) >= 11 is 0. The van der Waals surface area contributed by atoms with Crippen LogP contribution in [0, 0.1) is 0 Å². The lowest BCUT2D eigenvalue weighted by Gasteiger charge is -2.15. The highest BCUT2D eigenvalue weighted by Crippen LogP contribution is 1.93. The van der Waals surface area contributed by atoms with Crippen molar-refractivity contribution in [3.8, 4) is 0 Å². The van der Waals surface area contributed by atoms with Crippen LogP contribution in [-0.4, -0.2) is 12.6 Å². The van der Waals surface area contributed by atoms with Crippen molar-refractivity contribution >= 4 is 0 Å². The van der Waals surface area contributed by atoms with Crippen molar-refractivity contribution in [2.75, 3.05) is 7.05 Å². The highest BCUT2D eigenvalue weighted by Gasteiger charge is 2.01. The van der Waals surface area contributed by atoms with Crippen molar-refractivity contribution in [3.05, 3.63) is 0 Å². The second-order valence-corrected chi connectivity index (χ2v) is 2.50. The van der Waals surface area contributed by atoms with Crippen LogP contribution < -0.4 is 5.32 Å². The maximum absolute atomic E-state index is 3.10. The molecule has 0 unspecified atom stereocenters. The molecule has 8 heavy (non-hydrogen) atoms. The summed E-state index contributed by atoms with van der Waals surface area (Å²) in [5, 5.41) is 3.10. The molecule has 0 atom stereocenters. The Morgan fingerprint density at radius 1 is 1.00 bits per heavy atom. The standard InChI is InChI=1S/C5H13N.C2H6/c1-5(2,3)6-4;1-2/h6H,1-4H3;1-2H3. The fourth-order valence-corrected chi connectivity index (χ4v) is 0. The zero-order chi connectivity index (χ0) is 7.21. The largest absolute Gasteiger partial charge is 0.315 e. The molecular formula is C7H19N. The predicted octanol–water partition coefficient (Wildman–Crippen LogP) is 2.03. The summed E-state index contributed by atoms with van der Waals surface area (Å²) in [5.74, 6) is 0. The maximum Gasteiger partial charge on any atom is 0.00935 e. The topological polar surface area (TPSA) is 12.0 Å². The van der Waals surface area contributed by atoms with Crippen LogP contribution in [0.5, 0.6) is 0 Å². The summed E-state index contributed by atoms with van der Waals surface area (Å²) in [5.41, 5.74) is 0.292. The predicted molar refractivity (Wildman–Crippen MR) is 40.2 cm³/mol. The molecule has 0 aliphatic heterocycles. The molecule has 0 aromatic rings. The molecule has 0 amide bonds. The molecule has 1 N–H and O–H groups in total. The van der Waals surface area contributed by atoms with Crippen molar-refractivity contribution in [1.29, 1.82) is 0 Å². The van der Waals surface area contributed by atoms with Crippen LogP contribution in [0.4, 0.5) is 0 Å². The third kappa shape index (κ3) is 16.7. The Bertz CT molecular complexity index is 34.1. The van der Waals surface area contributed by atoms with Gasteiger partial charge in [-0.25, -0.2) is 0 Å². The quantitative estimate of drug-likeness (QED) is 0.512. The Labute approximate surface area is 53.5 Å². The van der Waals surface area contributed by atoms with Gasteiger partial charge >= 0.3 is 0 Å². The van der Waals surface area contributed by atoms with E-state index in [-0.39, 0.29) is 0 Å². The van der Waals surface area contributed by atoms with Gasteiger partial charge in [0.25, 0.3) is 0 Å². The van der Waals surface area contributed by atoms with Crippen LogP contribution in [0.1, 0.15) is 34.6 Å². The zero-order valence-corrected chi connectivity index (χ0v) is 7.00. The molecule has 1 nitrogen and oxygen atoms in total. The van der Waals surface area contributed by atoms with E-state index >= 15 is 0 Å². The van der Waals surface area contributed by atoms with Crippen molar-refractivity contribution in [3.63, 3.8) is 0 Å². The van der Waals surface area contributed by atoms with E-state index in [0.717, 1.165) is 0 Å². The van der Waals surface area contributed by atoms with E-state index in [4.69, 9.17) is 0 Å². The highest BCUT2D eigenvalue weighted by molar-refractivity contribution is 4.65. The number of nitrogens with one attached hydrogen (secondary N) is 1. The lowest BCUT2D eigenvalue weighted by atomic mass is 10.1. The molecule has 52 valence electrons. The van der Waals surface area contributed by atoms with Crippen molar-refractivity contribution in [1.82, 2.24) is 5.32 Å². The molecule has 0 fully saturated rings. The first-order chi connectivity index (χ1) is 3.56. The summed E-state index contributed by atoms with van der Waals surface area (Å²) in [6.07, 6.45) is 0. The average molecular weight is 117 g/mol. The molecule has 0 saturated carbocycles. The summed E-state index contributed by atoms with van der Waals surface area (Å²) in [6, 6.07) is 0. The minimum Gasteiger partial charge on any atom is -0.315 e. The first-order valence-electron chi connectivity index (χ1n) is 3.25. The van der Waals surface area contributed by atoms with Crippen LogP contribution in [0.2, 0.25) is 0 Å². The Hall–Kier alpha value is -0.0400. The SMILES string of the molecule is CC.CNC(C)(C)C. The van der Waals surface area contributed by atoms with E-state index in [1.165, 1.54) is 0 Å². The second-order valence-electron chi connectivity index (χ2n) is 2.50. The van der Waals surface area contributed by atoms with Gasteiger partial charge in [-0.15, -0.1) is 0 Å². The smallest absolute Gasteiger partial charge is 0.00935 e. The first kappa shape index (κ1) is 10.9. The number of hydrogen-bond acceptors (Lipinski definition) is 1. The molecule has 0 aromatic carbocycles. The van der Waals surface area contributed by atoms with Gasteiger partial charge in [0.2, 0.25) is 0 Å². The molecule has 0 spiro atoms. The third-order valence-electron chi connectivity index (χ3n) is 0.750. The summed E-state index contributed by atoms with van der Waals surface area (Å²) < 4.78 is 0. The fraction of sp³-hybridized carbons (Fsp3) is 1.00. The van der Waals surface area contributed by atoms with Gasteiger partial charge in [-0.05, 0) is 27.8 Å². The van der Waals surface area contributed by atoms with Gasteiger partial charge in [0.1, 0.15) is 0 Å². The average Bonchev–Trinajstić information content (AvgIpc) is 1.71. The van der Waals surface area contributed by atoms with Gasteiger partial charge in [-0.3, -0.25) is 0 Å². The Kier molecular flexibility index (Phi) is 6.93. The zero-order valence-electron chi connectivity index (χ0n) is 7.00. The van der Waals surface area contributed by atoms with E-state index in [9.17, 15) is 0 Å². The first-order valence-corrected chi connectivity index (χ1v) is 3.25. The molecule has 0 heterocycles. The minimum atomic E-state index is 0.292.